The summed E-state index contributed by atoms with van der Waals surface area (Å²) in [5.41, 5.74) is 0.764. The molecule has 2 rings (SSSR count). The minimum absolute atomic E-state index is 0.0454. The smallest absolute Gasteiger partial charge is 0.335 e. The van der Waals surface area contributed by atoms with Gasteiger partial charge in [0.1, 0.15) is 11.6 Å². The topological polar surface area (TPSA) is 37.3 Å². The van der Waals surface area contributed by atoms with Gasteiger partial charge in [0.15, 0.2) is 0 Å². The van der Waals surface area contributed by atoms with Crippen LogP contribution in [0.2, 0.25) is 0 Å². The number of benzene rings is 2. The maximum Gasteiger partial charge on any atom is 0.335 e. The van der Waals surface area contributed by atoms with Crippen molar-refractivity contribution >= 4 is 21.9 Å². The minimum Gasteiger partial charge on any atom is -0.478 e. The second-order valence-corrected chi connectivity index (χ2v) is 4.61. The van der Waals surface area contributed by atoms with Crippen LogP contribution in [0.1, 0.15) is 10.4 Å². The first-order chi connectivity index (χ1) is 8.45. The SMILES string of the molecule is O=C(O)c1cc(Br)cc(-c2cc(F)cc(F)c2)c1. The van der Waals surface area contributed by atoms with Crippen LogP contribution in [0.3, 0.4) is 0 Å². The molecule has 0 fully saturated rings. The quantitative estimate of drug-likeness (QED) is 0.906. The molecule has 18 heavy (non-hydrogen) atoms. The average Bonchev–Trinajstić information content (AvgIpc) is 2.26. The van der Waals surface area contributed by atoms with Crippen LogP contribution in [-0.4, -0.2) is 11.1 Å². The summed E-state index contributed by atoms with van der Waals surface area (Å²) in [5, 5.41) is 8.92. The zero-order valence-corrected chi connectivity index (χ0v) is 10.5. The molecule has 0 atom stereocenters. The van der Waals surface area contributed by atoms with Gasteiger partial charge in [-0.15, -0.1) is 0 Å². The Morgan fingerprint density at radius 3 is 2.06 bits per heavy atom. The third kappa shape index (κ3) is 2.73. The Morgan fingerprint density at radius 1 is 0.944 bits per heavy atom. The van der Waals surface area contributed by atoms with Gasteiger partial charge < -0.3 is 5.11 Å². The number of carbonyl (C=O) groups is 1. The van der Waals surface area contributed by atoms with Gasteiger partial charge in [0.25, 0.3) is 0 Å². The Hall–Kier alpha value is -1.75. The second-order valence-electron chi connectivity index (χ2n) is 3.69. The standard InChI is InChI=1S/C13H7BrF2O2/c14-10-2-7(1-9(3-10)13(17)18)8-4-11(15)6-12(16)5-8/h1-6H,(H,17,18). The summed E-state index contributed by atoms with van der Waals surface area (Å²) in [4.78, 5) is 10.9. The molecule has 2 aromatic carbocycles. The van der Waals surface area contributed by atoms with Crippen molar-refractivity contribution < 1.29 is 18.7 Å². The maximum absolute atomic E-state index is 13.1. The van der Waals surface area contributed by atoms with Gasteiger partial charge in [0, 0.05) is 10.5 Å². The fraction of sp³-hybridized carbons (Fsp3) is 0. The number of carboxylic acid groups (broad SMARTS) is 1. The molecule has 0 spiro atoms. The molecule has 0 aromatic heterocycles. The van der Waals surface area contributed by atoms with E-state index >= 15 is 0 Å². The summed E-state index contributed by atoms with van der Waals surface area (Å²) < 4.78 is 26.7. The van der Waals surface area contributed by atoms with Crippen LogP contribution >= 0.6 is 15.9 Å². The molecular formula is C13H7BrF2O2. The lowest BCUT2D eigenvalue weighted by molar-refractivity contribution is 0.0697. The summed E-state index contributed by atoms with van der Waals surface area (Å²) in [6.45, 7) is 0. The van der Waals surface area contributed by atoms with E-state index in [1.807, 2.05) is 0 Å². The third-order valence-corrected chi connectivity index (χ3v) is 2.80. The highest BCUT2D eigenvalue weighted by Crippen LogP contribution is 2.26. The van der Waals surface area contributed by atoms with E-state index in [1.54, 1.807) is 6.07 Å². The third-order valence-electron chi connectivity index (χ3n) is 2.34. The first kappa shape index (κ1) is 12.7. The van der Waals surface area contributed by atoms with Crippen molar-refractivity contribution in [2.24, 2.45) is 0 Å². The zero-order valence-electron chi connectivity index (χ0n) is 8.95. The van der Waals surface area contributed by atoms with Crippen LogP contribution in [0, 0.1) is 11.6 Å². The van der Waals surface area contributed by atoms with Crippen molar-refractivity contribution in [1.29, 1.82) is 0 Å². The lowest BCUT2D eigenvalue weighted by atomic mass is 10.0. The van der Waals surface area contributed by atoms with Gasteiger partial charge in [-0.1, -0.05) is 15.9 Å². The van der Waals surface area contributed by atoms with Crippen LogP contribution in [-0.2, 0) is 0 Å². The molecule has 2 nitrogen and oxygen atoms in total. The predicted octanol–water partition coefficient (Wildman–Crippen LogP) is 4.09. The van der Waals surface area contributed by atoms with Crippen LogP contribution in [0.5, 0.6) is 0 Å². The minimum atomic E-state index is -1.10. The molecule has 0 aliphatic rings. The van der Waals surface area contributed by atoms with Crippen LogP contribution in [0.15, 0.2) is 40.9 Å². The van der Waals surface area contributed by atoms with Gasteiger partial charge in [-0.2, -0.15) is 0 Å². The summed E-state index contributed by atoms with van der Waals surface area (Å²) in [6.07, 6.45) is 0. The van der Waals surface area contributed by atoms with Crippen molar-refractivity contribution in [2.45, 2.75) is 0 Å². The Kier molecular flexibility index (Phi) is 3.43. The largest absolute Gasteiger partial charge is 0.478 e. The summed E-state index contributed by atoms with van der Waals surface area (Å²) in [5.74, 6) is -2.52. The summed E-state index contributed by atoms with van der Waals surface area (Å²) in [6, 6.07) is 7.44. The van der Waals surface area contributed by atoms with Gasteiger partial charge in [-0.05, 0) is 41.5 Å². The van der Waals surface area contributed by atoms with Crippen LogP contribution < -0.4 is 0 Å². The lowest BCUT2D eigenvalue weighted by Gasteiger charge is -2.05. The number of hydrogen-bond acceptors (Lipinski definition) is 1. The monoisotopic (exact) mass is 312 g/mol. The average molecular weight is 313 g/mol. The van der Waals surface area contributed by atoms with Crippen molar-refractivity contribution in [3.05, 3.63) is 58.1 Å². The molecular weight excluding hydrogens is 306 g/mol. The molecule has 0 bridgehead atoms. The highest BCUT2D eigenvalue weighted by molar-refractivity contribution is 9.10. The van der Waals surface area contributed by atoms with E-state index in [0.29, 0.717) is 10.0 Å². The van der Waals surface area contributed by atoms with E-state index < -0.39 is 17.6 Å². The highest BCUT2D eigenvalue weighted by atomic mass is 79.9. The van der Waals surface area contributed by atoms with Gasteiger partial charge in [-0.3, -0.25) is 0 Å². The first-order valence-corrected chi connectivity index (χ1v) is 5.75. The van der Waals surface area contributed by atoms with E-state index in [1.165, 1.54) is 12.1 Å². The Balaban J connectivity index is 2.59. The summed E-state index contributed by atoms with van der Waals surface area (Å²) in [7, 11) is 0. The van der Waals surface area contributed by atoms with Gasteiger partial charge >= 0.3 is 5.97 Å². The van der Waals surface area contributed by atoms with Gasteiger partial charge in [0.2, 0.25) is 0 Å². The Bertz CT molecular complexity index is 606. The van der Waals surface area contributed by atoms with Crippen molar-refractivity contribution in [2.75, 3.05) is 0 Å². The van der Waals surface area contributed by atoms with E-state index in [2.05, 4.69) is 15.9 Å². The second kappa shape index (κ2) is 4.86. The molecule has 0 saturated heterocycles. The van der Waals surface area contributed by atoms with E-state index in [0.717, 1.165) is 18.2 Å². The number of halogens is 3. The lowest BCUT2D eigenvalue weighted by Crippen LogP contribution is -1.96. The molecule has 0 saturated carbocycles. The molecule has 2 aromatic rings. The van der Waals surface area contributed by atoms with E-state index in [4.69, 9.17) is 5.11 Å². The number of rotatable bonds is 2. The molecule has 5 heteroatoms. The molecule has 0 heterocycles. The Morgan fingerprint density at radius 2 is 1.50 bits per heavy atom. The fourth-order valence-electron chi connectivity index (χ4n) is 1.60. The van der Waals surface area contributed by atoms with Gasteiger partial charge in [0.05, 0.1) is 5.56 Å². The molecule has 0 unspecified atom stereocenters. The van der Waals surface area contributed by atoms with Crippen LogP contribution in [0.4, 0.5) is 8.78 Å². The van der Waals surface area contributed by atoms with Crippen molar-refractivity contribution in [3.63, 3.8) is 0 Å². The molecule has 0 aliphatic carbocycles. The molecule has 0 amide bonds. The molecule has 0 radical (unpaired) electrons. The van der Waals surface area contributed by atoms with E-state index in [9.17, 15) is 13.6 Å². The van der Waals surface area contributed by atoms with Gasteiger partial charge in [-0.25, -0.2) is 13.6 Å². The van der Waals surface area contributed by atoms with E-state index in [-0.39, 0.29) is 11.1 Å². The van der Waals surface area contributed by atoms with Crippen molar-refractivity contribution in [1.82, 2.24) is 0 Å². The number of carboxylic acids is 1. The highest BCUT2D eigenvalue weighted by Gasteiger charge is 2.09. The molecule has 1 N–H and O–H groups in total. The van der Waals surface area contributed by atoms with Crippen LogP contribution in [0.25, 0.3) is 11.1 Å². The first-order valence-electron chi connectivity index (χ1n) is 4.96. The normalized spacial score (nSPS) is 10.4. The number of aromatic carboxylic acids is 1. The van der Waals surface area contributed by atoms with Crippen molar-refractivity contribution in [3.8, 4) is 11.1 Å². The molecule has 0 aliphatic heterocycles. The zero-order chi connectivity index (χ0) is 13.3. The predicted molar refractivity (Wildman–Crippen MR) is 66.5 cm³/mol. The maximum atomic E-state index is 13.1. The molecule has 92 valence electrons. The summed E-state index contributed by atoms with van der Waals surface area (Å²) >= 11 is 3.16. The fourth-order valence-corrected chi connectivity index (χ4v) is 2.09. The number of hydrogen-bond donors (Lipinski definition) is 1. The Labute approximate surface area is 110 Å².